The monoisotopic (exact) mass is 311 g/mol. The van der Waals surface area contributed by atoms with Crippen LogP contribution in [0.2, 0.25) is 0 Å². The maximum absolute atomic E-state index is 12.0. The Hall–Kier alpha value is -2.40. The highest BCUT2D eigenvalue weighted by atomic mass is 16.5. The van der Waals surface area contributed by atoms with Crippen molar-refractivity contribution in [2.24, 2.45) is 0 Å². The Labute approximate surface area is 136 Å². The second-order valence-electron chi connectivity index (χ2n) is 5.87. The normalized spacial score (nSPS) is 17.0. The highest BCUT2D eigenvalue weighted by Crippen LogP contribution is 2.23. The SMILES string of the molecule is Cc1ccc(Oc2ccc(NC(=O)C3CCCN3)cn2)cc1C. The summed E-state index contributed by atoms with van der Waals surface area (Å²) in [4.78, 5) is 16.3. The second kappa shape index (κ2) is 6.79. The zero-order valence-electron chi connectivity index (χ0n) is 13.4. The largest absolute Gasteiger partial charge is 0.439 e. The maximum atomic E-state index is 12.0. The number of ether oxygens (including phenoxy) is 1. The minimum atomic E-state index is -0.0959. The lowest BCUT2D eigenvalue weighted by molar-refractivity contribution is -0.117. The molecule has 1 unspecified atom stereocenters. The number of amides is 1. The van der Waals surface area contributed by atoms with Crippen molar-refractivity contribution in [3.63, 3.8) is 0 Å². The van der Waals surface area contributed by atoms with Crippen LogP contribution in [0, 0.1) is 13.8 Å². The van der Waals surface area contributed by atoms with Gasteiger partial charge < -0.3 is 15.4 Å². The van der Waals surface area contributed by atoms with Gasteiger partial charge in [0, 0.05) is 6.07 Å². The molecule has 5 heteroatoms. The Morgan fingerprint density at radius 2 is 2.13 bits per heavy atom. The van der Waals surface area contributed by atoms with Crippen LogP contribution in [0.1, 0.15) is 24.0 Å². The second-order valence-corrected chi connectivity index (χ2v) is 5.87. The van der Waals surface area contributed by atoms with Crippen molar-refractivity contribution in [1.82, 2.24) is 10.3 Å². The van der Waals surface area contributed by atoms with E-state index in [4.69, 9.17) is 4.74 Å². The number of hydrogen-bond donors (Lipinski definition) is 2. The third-order valence-corrected chi connectivity index (χ3v) is 4.08. The van der Waals surface area contributed by atoms with Gasteiger partial charge in [-0.15, -0.1) is 0 Å². The first kappa shape index (κ1) is 15.5. The molecule has 2 N–H and O–H groups in total. The summed E-state index contributed by atoms with van der Waals surface area (Å²) in [6, 6.07) is 9.39. The van der Waals surface area contributed by atoms with Crippen LogP contribution in [-0.4, -0.2) is 23.5 Å². The standard InChI is InChI=1S/C18H21N3O2/c1-12-5-7-15(10-13(12)2)23-17-8-6-14(11-20-17)21-18(22)16-4-3-9-19-16/h5-8,10-11,16,19H,3-4,9H2,1-2H3,(H,21,22). The van der Waals surface area contributed by atoms with Gasteiger partial charge in [0.15, 0.2) is 0 Å². The third-order valence-electron chi connectivity index (χ3n) is 4.08. The Bertz CT molecular complexity index is 692. The van der Waals surface area contributed by atoms with E-state index in [0.29, 0.717) is 11.6 Å². The highest BCUT2D eigenvalue weighted by molar-refractivity contribution is 5.94. The van der Waals surface area contributed by atoms with Gasteiger partial charge in [-0.25, -0.2) is 4.98 Å². The Balaban J connectivity index is 1.62. The Kier molecular flexibility index (Phi) is 4.57. The predicted molar refractivity (Wildman–Crippen MR) is 89.9 cm³/mol. The molecule has 3 rings (SSSR count). The number of anilines is 1. The molecule has 0 radical (unpaired) electrons. The Morgan fingerprint density at radius 3 is 2.78 bits per heavy atom. The van der Waals surface area contributed by atoms with E-state index in [1.807, 2.05) is 25.1 Å². The molecule has 1 aliphatic rings. The molecule has 2 aromatic rings. The molecule has 1 saturated heterocycles. The van der Waals surface area contributed by atoms with Crippen LogP contribution >= 0.6 is 0 Å². The van der Waals surface area contributed by atoms with E-state index in [0.717, 1.165) is 25.1 Å². The summed E-state index contributed by atoms with van der Waals surface area (Å²) in [6.45, 7) is 5.01. The van der Waals surface area contributed by atoms with Gasteiger partial charge in [0.1, 0.15) is 5.75 Å². The quantitative estimate of drug-likeness (QED) is 0.910. The molecule has 1 aromatic heterocycles. The van der Waals surface area contributed by atoms with E-state index in [1.165, 1.54) is 11.1 Å². The van der Waals surface area contributed by atoms with E-state index in [2.05, 4.69) is 22.5 Å². The molecule has 2 heterocycles. The van der Waals surface area contributed by atoms with Crippen LogP contribution in [0.5, 0.6) is 11.6 Å². The number of nitrogens with zero attached hydrogens (tertiary/aromatic N) is 1. The number of aryl methyl sites for hydroxylation is 2. The van der Waals surface area contributed by atoms with Gasteiger partial charge >= 0.3 is 0 Å². The lowest BCUT2D eigenvalue weighted by Crippen LogP contribution is -2.35. The zero-order valence-corrected chi connectivity index (χ0v) is 13.4. The summed E-state index contributed by atoms with van der Waals surface area (Å²) in [7, 11) is 0. The molecule has 5 nitrogen and oxygen atoms in total. The molecule has 1 fully saturated rings. The van der Waals surface area contributed by atoms with Gasteiger partial charge in [0.05, 0.1) is 17.9 Å². The van der Waals surface area contributed by atoms with Gasteiger partial charge in [-0.05, 0) is 62.6 Å². The zero-order chi connectivity index (χ0) is 16.2. The van der Waals surface area contributed by atoms with Crippen LogP contribution < -0.4 is 15.4 Å². The molecule has 0 bridgehead atoms. The lowest BCUT2D eigenvalue weighted by Gasteiger charge is -2.11. The number of pyridine rings is 1. The van der Waals surface area contributed by atoms with Crippen molar-refractivity contribution in [3.05, 3.63) is 47.7 Å². The number of carbonyl (C=O) groups excluding carboxylic acids is 1. The Morgan fingerprint density at radius 1 is 1.26 bits per heavy atom. The molecule has 0 spiro atoms. The van der Waals surface area contributed by atoms with Crippen molar-refractivity contribution in [2.45, 2.75) is 32.7 Å². The molecule has 23 heavy (non-hydrogen) atoms. The fourth-order valence-electron chi connectivity index (χ4n) is 2.55. The summed E-state index contributed by atoms with van der Waals surface area (Å²) in [5, 5.41) is 6.05. The summed E-state index contributed by atoms with van der Waals surface area (Å²) in [5.41, 5.74) is 3.08. The van der Waals surface area contributed by atoms with E-state index in [1.54, 1.807) is 18.3 Å². The van der Waals surface area contributed by atoms with Crippen molar-refractivity contribution < 1.29 is 9.53 Å². The van der Waals surface area contributed by atoms with Crippen LogP contribution in [-0.2, 0) is 4.79 Å². The van der Waals surface area contributed by atoms with Crippen molar-refractivity contribution in [3.8, 4) is 11.6 Å². The molecule has 0 aliphatic carbocycles. The number of rotatable bonds is 4. The molecule has 1 aliphatic heterocycles. The predicted octanol–water partition coefficient (Wildman–Crippen LogP) is 3.18. The molecule has 0 saturated carbocycles. The molecular formula is C18H21N3O2. The molecule has 1 atom stereocenters. The first-order valence-electron chi connectivity index (χ1n) is 7.87. The molecule has 120 valence electrons. The van der Waals surface area contributed by atoms with E-state index < -0.39 is 0 Å². The summed E-state index contributed by atoms with van der Waals surface area (Å²) < 4.78 is 5.74. The fraction of sp³-hybridized carbons (Fsp3) is 0.333. The number of hydrogen-bond acceptors (Lipinski definition) is 4. The van der Waals surface area contributed by atoms with Crippen molar-refractivity contribution in [2.75, 3.05) is 11.9 Å². The molecule has 1 aromatic carbocycles. The van der Waals surface area contributed by atoms with E-state index in [-0.39, 0.29) is 11.9 Å². The summed E-state index contributed by atoms with van der Waals surface area (Å²) in [5.74, 6) is 1.25. The van der Waals surface area contributed by atoms with E-state index in [9.17, 15) is 4.79 Å². The van der Waals surface area contributed by atoms with Crippen molar-refractivity contribution in [1.29, 1.82) is 0 Å². The minimum absolute atomic E-state index is 0.00729. The molecule has 1 amide bonds. The first-order valence-corrected chi connectivity index (χ1v) is 7.87. The number of benzene rings is 1. The van der Waals surface area contributed by atoms with Crippen LogP contribution in [0.25, 0.3) is 0 Å². The van der Waals surface area contributed by atoms with Gasteiger partial charge in [-0.2, -0.15) is 0 Å². The average molecular weight is 311 g/mol. The molecular weight excluding hydrogens is 290 g/mol. The topological polar surface area (TPSA) is 63.2 Å². The fourth-order valence-corrected chi connectivity index (χ4v) is 2.55. The number of carbonyl (C=O) groups is 1. The number of nitrogens with one attached hydrogen (secondary N) is 2. The van der Waals surface area contributed by atoms with Crippen molar-refractivity contribution >= 4 is 11.6 Å². The number of aromatic nitrogens is 1. The minimum Gasteiger partial charge on any atom is -0.439 e. The average Bonchev–Trinajstić information content (AvgIpc) is 3.07. The van der Waals surface area contributed by atoms with Gasteiger partial charge in [-0.3, -0.25) is 4.79 Å². The summed E-state index contributed by atoms with van der Waals surface area (Å²) >= 11 is 0. The summed E-state index contributed by atoms with van der Waals surface area (Å²) in [6.07, 6.45) is 3.54. The maximum Gasteiger partial charge on any atom is 0.241 e. The van der Waals surface area contributed by atoms with Crippen LogP contribution in [0.4, 0.5) is 5.69 Å². The van der Waals surface area contributed by atoms with Gasteiger partial charge in [-0.1, -0.05) is 6.07 Å². The van der Waals surface area contributed by atoms with Crippen LogP contribution in [0.15, 0.2) is 36.5 Å². The highest BCUT2D eigenvalue weighted by Gasteiger charge is 2.21. The van der Waals surface area contributed by atoms with E-state index >= 15 is 0 Å². The third kappa shape index (κ3) is 3.87. The first-order chi connectivity index (χ1) is 11.1. The van der Waals surface area contributed by atoms with Gasteiger partial charge in [0.2, 0.25) is 11.8 Å². The smallest absolute Gasteiger partial charge is 0.241 e. The van der Waals surface area contributed by atoms with Gasteiger partial charge in [0.25, 0.3) is 0 Å². The lowest BCUT2D eigenvalue weighted by atomic mass is 10.1. The van der Waals surface area contributed by atoms with Crippen LogP contribution in [0.3, 0.4) is 0 Å².